The minimum absolute atomic E-state index is 0.00849. The molecule has 1 N–H and O–H groups in total. The van der Waals surface area contributed by atoms with Crippen LogP contribution in [0.2, 0.25) is 0 Å². The van der Waals surface area contributed by atoms with Crippen LogP contribution in [0.1, 0.15) is 31.6 Å². The molecule has 4 nitrogen and oxygen atoms in total. The van der Waals surface area contributed by atoms with E-state index in [1.54, 1.807) is 12.1 Å². The van der Waals surface area contributed by atoms with Crippen molar-refractivity contribution in [1.29, 1.82) is 0 Å². The summed E-state index contributed by atoms with van der Waals surface area (Å²) in [5.41, 5.74) is 6.18. The molecule has 4 aromatic carbocycles. The van der Waals surface area contributed by atoms with E-state index in [1.807, 2.05) is 31.2 Å². The van der Waals surface area contributed by atoms with E-state index in [1.165, 1.54) is 10.0 Å². The average molecular weight is 714 g/mol. The molecule has 0 saturated heterocycles. The van der Waals surface area contributed by atoms with Gasteiger partial charge >= 0.3 is 261 Å². The SMILES string of the molecule is Cc1ccc(-c2nc(C)c(C(Cc3ccc(-c4cc(F)c(F)c(F)c4)cc3)[Se]c3ccc(OCC(=O)O)c(C)c3)[se]2)cc1. The van der Waals surface area contributed by atoms with Crippen molar-refractivity contribution in [3.63, 3.8) is 0 Å². The third-order valence-corrected chi connectivity index (χ3v) is 13.0. The van der Waals surface area contributed by atoms with Crippen LogP contribution in [0.25, 0.3) is 21.3 Å². The summed E-state index contributed by atoms with van der Waals surface area (Å²) >= 11 is 0.0447. The topological polar surface area (TPSA) is 59.4 Å². The van der Waals surface area contributed by atoms with Crippen LogP contribution in [-0.4, -0.2) is 52.1 Å². The van der Waals surface area contributed by atoms with Gasteiger partial charge in [-0.1, -0.05) is 0 Å². The van der Waals surface area contributed by atoms with Gasteiger partial charge in [-0.05, 0) is 0 Å². The number of aromatic nitrogens is 1. The minimum atomic E-state index is -1.48. The molecule has 43 heavy (non-hydrogen) atoms. The summed E-state index contributed by atoms with van der Waals surface area (Å²) in [6.07, 6.45) is 0.744. The van der Waals surface area contributed by atoms with Crippen LogP contribution in [0.15, 0.2) is 78.9 Å². The van der Waals surface area contributed by atoms with Gasteiger partial charge in [-0.2, -0.15) is 0 Å². The van der Waals surface area contributed by atoms with Crippen molar-refractivity contribution in [2.75, 3.05) is 6.61 Å². The molecule has 0 amide bonds. The Labute approximate surface area is 260 Å². The molecule has 0 radical (unpaired) electrons. The Balaban J connectivity index is 1.45. The normalized spacial score (nSPS) is 11.9. The number of benzene rings is 4. The van der Waals surface area contributed by atoms with E-state index < -0.39 is 30.0 Å². The predicted octanol–water partition coefficient (Wildman–Crippen LogP) is 6.59. The van der Waals surface area contributed by atoms with E-state index in [9.17, 15) is 18.0 Å². The molecule has 1 atom stereocenters. The standard InChI is InChI=1S/C34H28F3NO3Se2/c1-19-4-8-24(9-5-19)34-38-21(3)33(43-34)30(42-26-12-13-29(20(2)14-26)41-18-31(39)40)15-22-6-10-23(11-7-22)25-16-27(35)32(37)28(36)17-25/h4-14,16-17,30H,15,18H2,1-3H3,(H,39,40). The van der Waals surface area contributed by atoms with Gasteiger partial charge in [-0.25, -0.2) is 0 Å². The van der Waals surface area contributed by atoms with Crippen LogP contribution in [0.3, 0.4) is 0 Å². The second kappa shape index (κ2) is 13.4. The number of aliphatic carboxylic acids is 1. The Morgan fingerprint density at radius 1 is 0.884 bits per heavy atom. The fourth-order valence-corrected chi connectivity index (χ4v) is 10.6. The van der Waals surface area contributed by atoms with Crippen LogP contribution < -0.4 is 9.20 Å². The third kappa shape index (κ3) is 7.49. The summed E-state index contributed by atoms with van der Waals surface area (Å²) in [6.45, 7) is 5.65. The Morgan fingerprint density at radius 2 is 1.53 bits per heavy atom. The number of carbonyl (C=O) groups is 1. The number of rotatable bonds is 10. The molecule has 1 heterocycles. The first-order valence-electron chi connectivity index (χ1n) is 13.5. The van der Waals surface area contributed by atoms with Crippen LogP contribution in [0.5, 0.6) is 5.75 Å². The summed E-state index contributed by atoms with van der Waals surface area (Å²) in [5, 5.41) is 8.98. The quantitative estimate of drug-likeness (QED) is 0.131. The van der Waals surface area contributed by atoms with E-state index in [0.29, 0.717) is 11.3 Å². The number of hydrogen-bond donors (Lipinski definition) is 1. The van der Waals surface area contributed by atoms with Gasteiger partial charge in [0.15, 0.2) is 0 Å². The molecule has 9 heteroatoms. The molecule has 0 aliphatic heterocycles. The van der Waals surface area contributed by atoms with E-state index >= 15 is 0 Å². The number of ether oxygens (including phenoxy) is 1. The van der Waals surface area contributed by atoms with E-state index in [2.05, 4.69) is 44.2 Å². The number of carboxylic acid groups (broad SMARTS) is 1. The molecule has 0 spiro atoms. The predicted molar refractivity (Wildman–Crippen MR) is 164 cm³/mol. The number of halogens is 3. The third-order valence-electron chi connectivity index (χ3n) is 6.89. The Bertz CT molecular complexity index is 1750. The van der Waals surface area contributed by atoms with E-state index in [0.717, 1.165) is 50.0 Å². The molecule has 0 fully saturated rings. The first kappa shape index (κ1) is 30.8. The summed E-state index contributed by atoms with van der Waals surface area (Å²) in [4.78, 5) is 16.1. The number of nitrogens with zero attached hydrogens (tertiary/aromatic N) is 1. The zero-order valence-electron chi connectivity index (χ0n) is 23.7. The van der Waals surface area contributed by atoms with Crippen molar-refractivity contribution in [3.8, 4) is 27.0 Å². The van der Waals surface area contributed by atoms with E-state index in [-0.39, 0.29) is 39.8 Å². The second-order valence-corrected chi connectivity index (χ2v) is 15.0. The van der Waals surface area contributed by atoms with Gasteiger partial charge in [0.05, 0.1) is 0 Å². The van der Waals surface area contributed by atoms with Crippen LogP contribution in [-0.2, 0) is 11.2 Å². The van der Waals surface area contributed by atoms with Crippen LogP contribution in [0.4, 0.5) is 13.2 Å². The van der Waals surface area contributed by atoms with Gasteiger partial charge in [0.2, 0.25) is 0 Å². The van der Waals surface area contributed by atoms with Crippen molar-refractivity contribution in [3.05, 3.63) is 123 Å². The first-order valence-corrected chi connectivity index (χ1v) is 17.0. The van der Waals surface area contributed by atoms with Gasteiger partial charge in [0, 0.05) is 0 Å². The molecular weight excluding hydrogens is 685 g/mol. The summed E-state index contributed by atoms with van der Waals surface area (Å²) in [6, 6.07) is 23.8. The molecule has 0 saturated carbocycles. The van der Waals surface area contributed by atoms with Crippen molar-refractivity contribution in [2.45, 2.75) is 32.0 Å². The Morgan fingerprint density at radius 3 is 2.16 bits per heavy atom. The Kier molecular flexibility index (Phi) is 9.58. The molecule has 5 aromatic rings. The summed E-state index contributed by atoms with van der Waals surface area (Å²) < 4.78 is 50.2. The molecule has 5 rings (SSSR count). The van der Waals surface area contributed by atoms with Gasteiger partial charge in [0.25, 0.3) is 0 Å². The molecule has 0 aliphatic rings. The molecule has 0 aliphatic carbocycles. The van der Waals surface area contributed by atoms with Crippen LogP contribution in [0, 0.1) is 38.2 Å². The van der Waals surface area contributed by atoms with Crippen molar-refractivity contribution in [1.82, 2.24) is 4.98 Å². The molecule has 0 bridgehead atoms. The van der Waals surface area contributed by atoms with Gasteiger partial charge in [-0.3, -0.25) is 0 Å². The van der Waals surface area contributed by atoms with Gasteiger partial charge < -0.3 is 0 Å². The molecule has 1 unspecified atom stereocenters. The average Bonchev–Trinajstić information content (AvgIpc) is 3.37. The summed E-state index contributed by atoms with van der Waals surface area (Å²) in [5.74, 6) is -4.38. The molecule has 1 aromatic heterocycles. The monoisotopic (exact) mass is 715 g/mol. The van der Waals surface area contributed by atoms with Crippen molar-refractivity contribution < 1.29 is 27.8 Å². The zero-order valence-corrected chi connectivity index (χ0v) is 27.1. The maximum absolute atomic E-state index is 13.8. The van der Waals surface area contributed by atoms with Gasteiger partial charge in [0.1, 0.15) is 0 Å². The van der Waals surface area contributed by atoms with Crippen molar-refractivity contribution >= 4 is 39.9 Å². The van der Waals surface area contributed by atoms with Gasteiger partial charge in [-0.15, -0.1) is 0 Å². The number of aryl methyl sites for hydroxylation is 3. The van der Waals surface area contributed by atoms with E-state index in [4.69, 9.17) is 14.8 Å². The fraction of sp³-hybridized carbons (Fsp3) is 0.176. The zero-order chi connectivity index (χ0) is 30.7. The first-order chi connectivity index (χ1) is 20.6. The fourth-order valence-electron chi connectivity index (χ4n) is 4.64. The number of carboxylic acids is 1. The number of hydrogen-bond acceptors (Lipinski definition) is 3. The maximum atomic E-state index is 13.8. The molecule has 220 valence electrons. The summed E-state index contributed by atoms with van der Waals surface area (Å²) in [7, 11) is 0. The molecular formula is C34H28F3NO3Se2. The van der Waals surface area contributed by atoms with Crippen molar-refractivity contribution in [2.24, 2.45) is 0 Å². The second-order valence-electron chi connectivity index (χ2n) is 10.2. The Hall–Kier alpha value is -3.61. The van der Waals surface area contributed by atoms with Crippen LogP contribution >= 0.6 is 0 Å².